The van der Waals surface area contributed by atoms with Gasteiger partial charge in [0.05, 0.1) is 22.0 Å². The number of anilines is 1. The summed E-state index contributed by atoms with van der Waals surface area (Å²) in [6.45, 7) is 4.22. The Morgan fingerprint density at radius 3 is 2.21 bits per heavy atom. The van der Waals surface area contributed by atoms with Crippen LogP contribution >= 0.6 is 23.2 Å². The maximum atomic E-state index is 13.9. The Morgan fingerprint density at radius 2 is 1.60 bits per heavy atom. The van der Waals surface area contributed by atoms with Crippen molar-refractivity contribution >= 4 is 50.7 Å². The predicted molar refractivity (Wildman–Crippen MR) is 167 cm³/mol. The van der Waals surface area contributed by atoms with Gasteiger partial charge in [-0.05, 0) is 47.7 Å². The van der Waals surface area contributed by atoms with E-state index in [0.717, 1.165) is 34.3 Å². The number of nitrogens with zero attached hydrogens (tertiary/aromatic N) is 2. The molecular weight excluding hydrogens is 619 g/mol. The van der Waals surface area contributed by atoms with Gasteiger partial charge in [0.15, 0.2) is 11.6 Å². The molecule has 0 aromatic heterocycles. The molecule has 43 heavy (non-hydrogen) atoms. The Hall–Kier alpha value is -3.21. The van der Waals surface area contributed by atoms with Gasteiger partial charge in [0.25, 0.3) is 0 Å². The third kappa shape index (κ3) is 10.2. The Labute approximate surface area is 261 Å². The van der Waals surface area contributed by atoms with Crippen molar-refractivity contribution in [2.45, 2.75) is 45.7 Å². The van der Waals surface area contributed by atoms with E-state index in [0.29, 0.717) is 22.2 Å². The number of hydrogen-bond acceptors (Lipinski definition) is 4. The third-order valence-electron chi connectivity index (χ3n) is 6.64. The van der Waals surface area contributed by atoms with Gasteiger partial charge in [-0.1, -0.05) is 73.4 Å². The first-order chi connectivity index (χ1) is 20.3. The monoisotopic (exact) mass is 653 g/mol. The smallest absolute Gasteiger partial charge is 0.243 e. The summed E-state index contributed by atoms with van der Waals surface area (Å²) >= 11 is 12.3. The van der Waals surface area contributed by atoms with E-state index in [9.17, 15) is 26.8 Å². The van der Waals surface area contributed by atoms with Crippen LogP contribution in [-0.4, -0.2) is 50.5 Å². The second kappa shape index (κ2) is 15.5. The second-order valence-electron chi connectivity index (χ2n) is 10.7. The van der Waals surface area contributed by atoms with E-state index in [2.05, 4.69) is 5.32 Å². The van der Waals surface area contributed by atoms with Gasteiger partial charge >= 0.3 is 0 Å². The number of amides is 2. The summed E-state index contributed by atoms with van der Waals surface area (Å²) in [5, 5.41) is 3.58. The summed E-state index contributed by atoms with van der Waals surface area (Å²) in [6.07, 6.45) is 1.11. The number of carbonyl (C=O) groups excluding carboxylic acids is 2. The van der Waals surface area contributed by atoms with Crippen molar-refractivity contribution < 1.29 is 26.8 Å². The Bertz CT molecular complexity index is 1520. The molecule has 0 radical (unpaired) electrons. The predicted octanol–water partition coefficient (Wildman–Crippen LogP) is 6.23. The van der Waals surface area contributed by atoms with Gasteiger partial charge in [-0.3, -0.25) is 13.9 Å². The topological polar surface area (TPSA) is 86.8 Å². The number of benzene rings is 3. The number of carbonyl (C=O) groups is 2. The first-order valence-electron chi connectivity index (χ1n) is 13.7. The van der Waals surface area contributed by atoms with Crippen molar-refractivity contribution in [3.05, 3.63) is 99.5 Å². The van der Waals surface area contributed by atoms with Crippen molar-refractivity contribution in [3.8, 4) is 0 Å². The lowest BCUT2D eigenvalue weighted by molar-refractivity contribution is -0.141. The van der Waals surface area contributed by atoms with Crippen molar-refractivity contribution in [1.82, 2.24) is 10.2 Å². The molecule has 0 saturated carbocycles. The summed E-state index contributed by atoms with van der Waals surface area (Å²) in [5.74, 6) is -2.84. The lowest BCUT2D eigenvalue weighted by atomic mass is 10.0. The van der Waals surface area contributed by atoms with Crippen LogP contribution in [0.5, 0.6) is 0 Å². The number of nitrogens with one attached hydrogen (secondary N) is 1. The van der Waals surface area contributed by atoms with Crippen LogP contribution in [-0.2, 0) is 32.6 Å². The van der Waals surface area contributed by atoms with Gasteiger partial charge in [0.2, 0.25) is 21.8 Å². The van der Waals surface area contributed by atoms with Crippen molar-refractivity contribution in [3.63, 3.8) is 0 Å². The highest BCUT2D eigenvalue weighted by Crippen LogP contribution is 2.25. The summed E-state index contributed by atoms with van der Waals surface area (Å²) in [7, 11) is -3.88. The average molecular weight is 655 g/mol. The molecule has 7 nitrogen and oxygen atoms in total. The number of sulfonamides is 1. The molecule has 0 aliphatic carbocycles. The Morgan fingerprint density at radius 1 is 0.907 bits per heavy atom. The fraction of sp³-hybridized carbons (Fsp3) is 0.355. The molecule has 0 aliphatic rings. The first-order valence-corrected chi connectivity index (χ1v) is 16.3. The zero-order valence-electron chi connectivity index (χ0n) is 24.2. The van der Waals surface area contributed by atoms with Crippen LogP contribution in [0.4, 0.5) is 14.5 Å². The number of hydrogen-bond donors (Lipinski definition) is 1. The van der Waals surface area contributed by atoms with Crippen LogP contribution in [0.15, 0.2) is 66.7 Å². The highest BCUT2D eigenvalue weighted by Gasteiger charge is 2.31. The standard InChI is InChI=1S/C31H35Cl2F2N3O4S/c1-21(2)19-36-31(40)29(17-22-8-5-4-6-9-22)37(20-23-11-13-25(32)26(33)16-23)30(39)10-7-15-38(43(3,41)42)24-12-14-27(34)28(35)18-24/h4-6,8-9,11-14,16,18,21,29H,7,10,15,17,19-20H2,1-3H3,(H,36,40). The number of halogens is 4. The average Bonchev–Trinajstić information content (AvgIpc) is 2.95. The molecule has 0 heterocycles. The van der Waals surface area contributed by atoms with Crippen LogP contribution in [0, 0.1) is 17.6 Å². The maximum Gasteiger partial charge on any atom is 0.243 e. The van der Waals surface area contributed by atoms with E-state index in [4.69, 9.17) is 23.2 Å². The molecule has 232 valence electrons. The van der Waals surface area contributed by atoms with Gasteiger partial charge in [-0.25, -0.2) is 17.2 Å². The highest BCUT2D eigenvalue weighted by molar-refractivity contribution is 7.92. The van der Waals surface area contributed by atoms with Gasteiger partial charge in [-0.15, -0.1) is 0 Å². The lowest BCUT2D eigenvalue weighted by Gasteiger charge is -2.32. The van der Waals surface area contributed by atoms with E-state index >= 15 is 0 Å². The molecule has 3 rings (SSSR count). The molecule has 1 atom stereocenters. The minimum Gasteiger partial charge on any atom is -0.354 e. The van der Waals surface area contributed by atoms with Crippen molar-refractivity contribution in [2.24, 2.45) is 5.92 Å². The number of rotatable bonds is 14. The molecule has 2 amide bonds. The quantitative estimate of drug-likeness (QED) is 0.223. The molecule has 1 N–H and O–H groups in total. The van der Waals surface area contributed by atoms with Crippen LogP contribution in [0.2, 0.25) is 10.0 Å². The van der Waals surface area contributed by atoms with E-state index in [1.807, 2.05) is 44.2 Å². The fourth-order valence-corrected chi connectivity index (χ4v) is 5.73. The minimum absolute atomic E-state index is 0.0429. The van der Waals surface area contributed by atoms with Gasteiger partial charge in [-0.2, -0.15) is 0 Å². The summed E-state index contributed by atoms with van der Waals surface area (Å²) < 4.78 is 53.3. The zero-order chi connectivity index (χ0) is 31.7. The highest BCUT2D eigenvalue weighted by atomic mass is 35.5. The van der Waals surface area contributed by atoms with Gasteiger partial charge in [0.1, 0.15) is 6.04 Å². The molecule has 0 spiro atoms. The van der Waals surface area contributed by atoms with Crippen LogP contribution in [0.1, 0.15) is 37.8 Å². The molecule has 0 fully saturated rings. The molecular formula is C31H35Cl2F2N3O4S. The summed E-state index contributed by atoms with van der Waals surface area (Å²) in [6, 6.07) is 16.2. The van der Waals surface area contributed by atoms with Crippen molar-refractivity contribution in [1.29, 1.82) is 0 Å². The maximum absolute atomic E-state index is 13.9. The molecule has 0 aliphatic heterocycles. The Kier molecular flexibility index (Phi) is 12.4. The lowest BCUT2D eigenvalue weighted by Crippen LogP contribution is -2.51. The SMILES string of the molecule is CC(C)CNC(=O)C(Cc1ccccc1)N(Cc1ccc(Cl)c(Cl)c1)C(=O)CCCN(c1ccc(F)c(F)c1)S(C)(=O)=O. The van der Waals surface area contributed by atoms with E-state index in [1.165, 1.54) is 4.90 Å². The summed E-state index contributed by atoms with van der Waals surface area (Å²) in [4.78, 5) is 28.9. The molecule has 3 aromatic rings. The van der Waals surface area contributed by atoms with E-state index < -0.39 is 33.6 Å². The van der Waals surface area contributed by atoms with Crippen LogP contribution < -0.4 is 9.62 Å². The normalized spacial score (nSPS) is 12.2. The zero-order valence-corrected chi connectivity index (χ0v) is 26.5. The van der Waals surface area contributed by atoms with E-state index in [1.54, 1.807) is 18.2 Å². The molecule has 3 aromatic carbocycles. The minimum atomic E-state index is -3.88. The first kappa shape index (κ1) is 34.3. The molecule has 0 bridgehead atoms. The van der Waals surface area contributed by atoms with Gasteiger partial charge < -0.3 is 10.2 Å². The molecule has 1 unspecified atom stereocenters. The van der Waals surface area contributed by atoms with Gasteiger partial charge in [0, 0.05) is 38.5 Å². The van der Waals surface area contributed by atoms with E-state index in [-0.39, 0.29) is 49.9 Å². The third-order valence-corrected chi connectivity index (χ3v) is 8.57. The fourth-order valence-electron chi connectivity index (χ4n) is 4.46. The van der Waals surface area contributed by atoms with Crippen LogP contribution in [0.3, 0.4) is 0 Å². The second-order valence-corrected chi connectivity index (χ2v) is 13.4. The molecule has 12 heteroatoms. The Balaban J connectivity index is 1.91. The molecule has 0 saturated heterocycles. The van der Waals surface area contributed by atoms with Crippen LogP contribution in [0.25, 0.3) is 0 Å². The summed E-state index contributed by atoms with van der Waals surface area (Å²) in [5.41, 5.74) is 1.44. The largest absolute Gasteiger partial charge is 0.354 e. The van der Waals surface area contributed by atoms with Crippen molar-refractivity contribution in [2.75, 3.05) is 23.7 Å².